The predicted molar refractivity (Wildman–Crippen MR) is 71.6 cm³/mol. The van der Waals surface area contributed by atoms with E-state index in [4.69, 9.17) is 12.2 Å². The average Bonchev–Trinajstić information content (AvgIpc) is 2.83. The Kier molecular flexibility index (Phi) is 2.65. The third kappa shape index (κ3) is 1.74. The molecule has 0 spiro atoms. The standard InChI is InChI=1S/C10H11N3S3/c1-13-10(14)11-9(12-13)8-4-6-5-15-3-2-7(6)16-8/h4H,2-3,5H2,1H3,(H,11,12,14). The van der Waals surface area contributed by atoms with Crippen molar-refractivity contribution in [2.75, 3.05) is 5.75 Å². The summed E-state index contributed by atoms with van der Waals surface area (Å²) in [7, 11) is 1.89. The lowest BCUT2D eigenvalue weighted by Crippen LogP contribution is -1.96. The molecule has 0 radical (unpaired) electrons. The highest BCUT2D eigenvalue weighted by molar-refractivity contribution is 7.98. The number of nitrogens with one attached hydrogen (secondary N) is 1. The van der Waals surface area contributed by atoms with E-state index in [2.05, 4.69) is 16.1 Å². The lowest BCUT2D eigenvalue weighted by atomic mass is 10.2. The van der Waals surface area contributed by atoms with Crippen molar-refractivity contribution in [1.82, 2.24) is 14.8 Å². The molecule has 0 bridgehead atoms. The second-order valence-corrected chi connectivity index (χ2v) is 6.38. The van der Waals surface area contributed by atoms with Crippen LogP contribution in [0.2, 0.25) is 0 Å². The van der Waals surface area contributed by atoms with Crippen LogP contribution >= 0.6 is 35.3 Å². The molecule has 6 heteroatoms. The number of thioether (sulfide) groups is 1. The molecule has 3 nitrogen and oxygen atoms in total. The highest BCUT2D eigenvalue weighted by Gasteiger charge is 2.15. The fraction of sp³-hybridized carbons (Fsp3) is 0.400. The van der Waals surface area contributed by atoms with E-state index >= 15 is 0 Å². The molecule has 0 fully saturated rings. The van der Waals surface area contributed by atoms with Crippen LogP contribution in [0, 0.1) is 4.77 Å². The third-order valence-corrected chi connectivity index (χ3v) is 5.25. The first-order chi connectivity index (χ1) is 7.74. The van der Waals surface area contributed by atoms with Crippen molar-refractivity contribution < 1.29 is 0 Å². The molecule has 0 saturated heterocycles. The highest BCUT2D eigenvalue weighted by atomic mass is 32.2. The highest BCUT2D eigenvalue weighted by Crippen LogP contribution is 2.35. The Morgan fingerprint density at radius 1 is 1.56 bits per heavy atom. The first-order valence-electron chi connectivity index (χ1n) is 5.07. The van der Waals surface area contributed by atoms with E-state index in [0.29, 0.717) is 4.77 Å². The summed E-state index contributed by atoms with van der Waals surface area (Å²) in [5, 5.41) is 3.17. The van der Waals surface area contributed by atoms with Crippen molar-refractivity contribution in [2.45, 2.75) is 12.2 Å². The Hall–Kier alpha value is -0.590. The summed E-state index contributed by atoms with van der Waals surface area (Å²) >= 11 is 8.95. The summed E-state index contributed by atoms with van der Waals surface area (Å²) in [6.07, 6.45) is 1.19. The minimum Gasteiger partial charge on any atom is -0.279 e. The zero-order valence-electron chi connectivity index (χ0n) is 8.82. The van der Waals surface area contributed by atoms with E-state index in [1.807, 2.05) is 30.1 Å². The summed E-state index contributed by atoms with van der Waals surface area (Å²) in [6.45, 7) is 0. The first-order valence-corrected chi connectivity index (χ1v) is 7.45. The summed E-state index contributed by atoms with van der Waals surface area (Å²) < 4.78 is 2.38. The zero-order valence-corrected chi connectivity index (χ0v) is 11.3. The number of hydrogen-bond donors (Lipinski definition) is 1. The zero-order chi connectivity index (χ0) is 11.1. The van der Waals surface area contributed by atoms with Gasteiger partial charge in [0.15, 0.2) is 5.82 Å². The summed E-state index contributed by atoms with van der Waals surface area (Å²) in [4.78, 5) is 7.07. The molecule has 0 saturated carbocycles. The molecule has 1 N–H and O–H groups in total. The topological polar surface area (TPSA) is 33.6 Å². The molecule has 3 heterocycles. The lowest BCUT2D eigenvalue weighted by molar-refractivity contribution is 0.756. The number of rotatable bonds is 1. The smallest absolute Gasteiger partial charge is 0.216 e. The van der Waals surface area contributed by atoms with Crippen molar-refractivity contribution in [3.63, 3.8) is 0 Å². The van der Waals surface area contributed by atoms with E-state index in [0.717, 1.165) is 11.6 Å². The Labute approximate surface area is 107 Å². The Morgan fingerprint density at radius 2 is 2.44 bits per heavy atom. The Bertz CT molecular complexity index is 555. The van der Waals surface area contributed by atoms with Crippen LogP contribution in [-0.4, -0.2) is 20.5 Å². The van der Waals surface area contributed by atoms with Crippen molar-refractivity contribution in [2.24, 2.45) is 7.05 Å². The molecule has 0 unspecified atom stereocenters. The van der Waals surface area contributed by atoms with Gasteiger partial charge in [0, 0.05) is 17.7 Å². The van der Waals surface area contributed by atoms with E-state index in [9.17, 15) is 0 Å². The molecular weight excluding hydrogens is 258 g/mol. The van der Waals surface area contributed by atoms with Gasteiger partial charge in [-0.1, -0.05) is 0 Å². The second kappa shape index (κ2) is 4.01. The van der Waals surface area contributed by atoms with Crippen LogP contribution in [0.25, 0.3) is 10.7 Å². The largest absolute Gasteiger partial charge is 0.279 e. The lowest BCUT2D eigenvalue weighted by Gasteiger charge is -2.08. The number of aryl methyl sites for hydroxylation is 2. The SMILES string of the molecule is Cn1[nH]c(-c2cc3c(s2)CCSC3)nc1=S. The van der Waals surface area contributed by atoms with Gasteiger partial charge < -0.3 is 0 Å². The van der Waals surface area contributed by atoms with E-state index in [-0.39, 0.29) is 0 Å². The fourth-order valence-corrected chi connectivity index (χ4v) is 4.23. The van der Waals surface area contributed by atoms with Crippen LogP contribution in [0.4, 0.5) is 0 Å². The monoisotopic (exact) mass is 269 g/mol. The fourth-order valence-electron chi connectivity index (χ4n) is 1.78. The van der Waals surface area contributed by atoms with Gasteiger partial charge in [0.1, 0.15) is 0 Å². The quantitative estimate of drug-likeness (QED) is 0.808. The van der Waals surface area contributed by atoms with Crippen LogP contribution < -0.4 is 0 Å². The molecule has 0 aliphatic carbocycles. The van der Waals surface area contributed by atoms with Gasteiger partial charge in [0.05, 0.1) is 4.88 Å². The van der Waals surface area contributed by atoms with Crippen molar-refractivity contribution in [1.29, 1.82) is 0 Å². The molecule has 3 rings (SSSR count). The van der Waals surface area contributed by atoms with Crippen molar-refractivity contribution in [3.8, 4) is 10.7 Å². The molecule has 1 aliphatic heterocycles. The van der Waals surface area contributed by atoms with Crippen molar-refractivity contribution >= 4 is 35.3 Å². The maximum atomic E-state index is 5.10. The van der Waals surface area contributed by atoms with Crippen LogP contribution in [0.3, 0.4) is 0 Å². The molecule has 0 atom stereocenters. The van der Waals surface area contributed by atoms with Gasteiger partial charge in [-0.15, -0.1) is 11.3 Å². The minimum atomic E-state index is 0.607. The normalized spacial score (nSPS) is 15.1. The number of fused-ring (bicyclic) bond motifs is 1. The first kappa shape index (κ1) is 10.6. The van der Waals surface area contributed by atoms with E-state index < -0.39 is 0 Å². The average molecular weight is 269 g/mol. The maximum Gasteiger partial charge on any atom is 0.216 e. The van der Waals surface area contributed by atoms with Gasteiger partial charge in [-0.25, -0.2) is 0 Å². The summed E-state index contributed by atoms with van der Waals surface area (Å²) in [5.74, 6) is 3.28. The van der Waals surface area contributed by atoms with Gasteiger partial charge in [-0.2, -0.15) is 16.7 Å². The number of aromatic nitrogens is 3. The van der Waals surface area contributed by atoms with Crippen LogP contribution in [0.15, 0.2) is 6.07 Å². The summed E-state index contributed by atoms with van der Waals surface area (Å²) in [5.41, 5.74) is 1.47. The molecule has 2 aromatic rings. The third-order valence-electron chi connectivity index (χ3n) is 2.63. The van der Waals surface area contributed by atoms with E-state index in [1.54, 1.807) is 4.68 Å². The van der Waals surface area contributed by atoms with Gasteiger partial charge >= 0.3 is 0 Å². The molecule has 0 aromatic carbocycles. The van der Waals surface area contributed by atoms with Crippen molar-refractivity contribution in [3.05, 3.63) is 21.3 Å². The van der Waals surface area contributed by atoms with Gasteiger partial charge in [-0.3, -0.25) is 9.78 Å². The van der Waals surface area contributed by atoms with Gasteiger partial charge in [0.2, 0.25) is 4.77 Å². The number of thiophene rings is 1. The number of nitrogens with zero attached hydrogens (tertiary/aromatic N) is 2. The van der Waals surface area contributed by atoms with E-state index in [1.165, 1.54) is 27.5 Å². The minimum absolute atomic E-state index is 0.607. The Balaban J connectivity index is 2.06. The van der Waals surface area contributed by atoms with Crippen LogP contribution in [0.5, 0.6) is 0 Å². The predicted octanol–water partition coefficient (Wildman–Crippen LogP) is 3.00. The van der Waals surface area contributed by atoms with Gasteiger partial charge in [0.25, 0.3) is 0 Å². The molecule has 84 valence electrons. The van der Waals surface area contributed by atoms with Gasteiger partial charge in [-0.05, 0) is 36.0 Å². The Morgan fingerprint density at radius 3 is 3.12 bits per heavy atom. The number of aromatic amines is 1. The number of hydrogen-bond acceptors (Lipinski definition) is 4. The second-order valence-electron chi connectivity index (χ2n) is 3.78. The molecule has 1 aliphatic rings. The molecule has 2 aromatic heterocycles. The number of H-pyrrole nitrogens is 1. The maximum absolute atomic E-state index is 5.10. The van der Waals surface area contributed by atoms with Crippen LogP contribution in [-0.2, 0) is 19.2 Å². The molecule has 0 amide bonds. The summed E-state index contributed by atoms with van der Waals surface area (Å²) in [6, 6.07) is 2.25. The molecule has 16 heavy (non-hydrogen) atoms. The van der Waals surface area contributed by atoms with Crippen LogP contribution in [0.1, 0.15) is 10.4 Å². The molecular formula is C10H11N3S3.